The smallest absolute Gasteiger partial charge is 0.376 e. The molecule has 1 heterocycles. The van der Waals surface area contributed by atoms with Crippen LogP contribution in [-0.2, 0) is 9.53 Å². The van der Waals surface area contributed by atoms with Gasteiger partial charge in [0.2, 0.25) is 0 Å². The van der Waals surface area contributed by atoms with Crippen LogP contribution < -0.4 is 10.6 Å². The summed E-state index contributed by atoms with van der Waals surface area (Å²) in [4.78, 5) is 10.4. The van der Waals surface area contributed by atoms with Crippen molar-refractivity contribution in [3.63, 3.8) is 0 Å². The Morgan fingerprint density at radius 1 is 1.38 bits per heavy atom. The van der Waals surface area contributed by atoms with Crippen molar-refractivity contribution < 1.29 is 22.7 Å². The molecule has 1 aliphatic heterocycles. The number of hydrogen-bond donors (Lipinski definition) is 2. The topological polar surface area (TPSA) is 50.4 Å². The van der Waals surface area contributed by atoms with Crippen LogP contribution in [0.1, 0.15) is 12.8 Å². The Hall–Kier alpha value is -0.820. The average molecular weight is 240 g/mol. The van der Waals surface area contributed by atoms with Crippen LogP contribution in [0.2, 0.25) is 0 Å². The van der Waals surface area contributed by atoms with E-state index in [2.05, 4.69) is 5.32 Å². The Morgan fingerprint density at radius 2 is 2.00 bits per heavy atom. The first kappa shape index (κ1) is 13.2. The first-order valence-corrected chi connectivity index (χ1v) is 5.17. The molecule has 94 valence electrons. The number of alkyl halides is 3. The molecule has 0 aromatic heterocycles. The van der Waals surface area contributed by atoms with E-state index in [-0.39, 0.29) is 19.3 Å². The third kappa shape index (κ3) is 4.80. The Balaban J connectivity index is 2.05. The molecule has 0 aliphatic carbocycles. The summed E-state index contributed by atoms with van der Waals surface area (Å²) in [5.41, 5.74) is 0. The molecule has 16 heavy (non-hydrogen) atoms. The molecular formula is C9H15F3N2O2. The van der Waals surface area contributed by atoms with Crippen LogP contribution >= 0.6 is 0 Å². The molecule has 0 radical (unpaired) electrons. The lowest BCUT2D eigenvalue weighted by Crippen LogP contribution is -2.39. The number of piperidine rings is 1. The first-order valence-electron chi connectivity index (χ1n) is 5.17. The van der Waals surface area contributed by atoms with Crippen molar-refractivity contribution in [1.29, 1.82) is 0 Å². The van der Waals surface area contributed by atoms with Crippen LogP contribution in [0.4, 0.5) is 13.2 Å². The van der Waals surface area contributed by atoms with E-state index in [4.69, 9.17) is 4.74 Å². The minimum absolute atomic E-state index is 0.0871. The largest absolute Gasteiger partial charge is 0.471 e. The maximum Gasteiger partial charge on any atom is 0.471 e. The van der Waals surface area contributed by atoms with Crippen LogP contribution in [0.3, 0.4) is 0 Å². The maximum atomic E-state index is 11.8. The number of rotatable bonds is 4. The third-order valence-electron chi connectivity index (χ3n) is 2.28. The lowest BCUT2D eigenvalue weighted by molar-refractivity contribution is -0.173. The van der Waals surface area contributed by atoms with Crippen molar-refractivity contribution in [3.8, 4) is 0 Å². The summed E-state index contributed by atoms with van der Waals surface area (Å²) in [6.07, 6.45) is -3.01. The number of halogens is 3. The minimum Gasteiger partial charge on any atom is -0.376 e. The average Bonchev–Trinajstić information content (AvgIpc) is 2.24. The van der Waals surface area contributed by atoms with Gasteiger partial charge in [0.25, 0.3) is 0 Å². The van der Waals surface area contributed by atoms with Crippen molar-refractivity contribution in [3.05, 3.63) is 0 Å². The van der Waals surface area contributed by atoms with E-state index in [1.54, 1.807) is 5.32 Å². The summed E-state index contributed by atoms with van der Waals surface area (Å²) >= 11 is 0. The standard InChI is InChI=1S/C9H15F3N2O2/c10-9(11,12)8(15)14-5-6-16-7-1-3-13-4-2-7/h7,13H,1-6H2,(H,14,15). The van der Waals surface area contributed by atoms with E-state index in [0.29, 0.717) is 0 Å². The highest BCUT2D eigenvalue weighted by Crippen LogP contribution is 2.13. The van der Waals surface area contributed by atoms with Gasteiger partial charge in [-0.25, -0.2) is 0 Å². The molecule has 4 nitrogen and oxygen atoms in total. The van der Waals surface area contributed by atoms with Crippen molar-refractivity contribution in [2.75, 3.05) is 26.2 Å². The molecule has 0 bridgehead atoms. The van der Waals surface area contributed by atoms with Crippen molar-refractivity contribution >= 4 is 5.91 Å². The molecule has 7 heteroatoms. The monoisotopic (exact) mass is 240 g/mol. The van der Waals surface area contributed by atoms with E-state index in [1.165, 1.54) is 0 Å². The highest BCUT2D eigenvalue weighted by Gasteiger charge is 2.38. The zero-order chi connectivity index (χ0) is 12.0. The van der Waals surface area contributed by atoms with Gasteiger partial charge >= 0.3 is 12.1 Å². The second kappa shape index (κ2) is 6.05. The van der Waals surface area contributed by atoms with Crippen molar-refractivity contribution in [2.24, 2.45) is 0 Å². The van der Waals surface area contributed by atoms with Gasteiger partial charge in [0.15, 0.2) is 0 Å². The molecule has 1 aliphatic rings. The maximum absolute atomic E-state index is 11.8. The lowest BCUT2D eigenvalue weighted by atomic mass is 10.1. The van der Waals surface area contributed by atoms with E-state index >= 15 is 0 Å². The van der Waals surface area contributed by atoms with Gasteiger partial charge in [0, 0.05) is 6.54 Å². The molecule has 0 unspecified atom stereocenters. The third-order valence-corrected chi connectivity index (χ3v) is 2.28. The fourth-order valence-corrected chi connectivity index (χ4v) is 1.45. The number of carbonyl (C=O) groups excluding carboxylic acids is 1. The van der Waals surface area contributed by atoms with E-state index in [1.807, 2.05) is 0 Å². The molecular weight excluding hydrogens is 225 g/mol. The van der Waals surface area contributed by atoms with Crippen LogP contribution in [-0.4, -0.2) is 44.4 Å². The Kier molecular flexibility index (Phi) is 5.01. The molecule has 0 aromatic rings. The quantitative estimate of drug-likeness (QED) is 0.701. The molecule has 1 fully saturated rings. The van der Waals surface area contributed by atoms with Gasteiger partial charge in [-0.15, -0.1) is 0 Å². The summed E-state index contributed by atoms with van der Waals surface area (Å²) in [7, 11) is 0. The van der Waals surface area contributed by atoms with E-state index in [0.717, 1.165) is 25.9 Å². The van der Waals surface area contributed by atoms with Gasteiger partial charge in [-0.05, 0) is 25.9 Å². The second-order valence-corrected chi connectivity index (χ2v) is 3.57. The Morgan fingerprint density at radius 3 is 2.56 bits per heavy atom. The highest BCUT2D eigenvalue weighted by atomic mass is 19.4. The molecule has 0 atom stereocenters. The van der Waals surface area contributed by atoms with Gasteiger partial charge in [0.05, 0.1) is 12.7 Å². The molecule has 0 saturated carbocycles. The van der Waals surface area contributed by atoms with Gasteiger partial charge in [-0.2, -0.15) is 13.2 Å². The lowest BCUT2D eigenvalue weighted by Gasteiger charge is -2.22. The number of carbonyl (C=O) groups is 1. The number of hydrogen-bond acceptors (Lipinski definition) is 3. The van der Waals surface area contributed by atoms with Gasteiger partial charge in [-0.3, -0.25) is 4.79 Å². The summed E-state index contributed by atoms with van der Waals surface area (Å²) in [5, 5.41) is 4.90. The predicted molar refractivity (Wildman–Crippen MR) is 50.9 cm³/mol. The summed E-state index contributed by atoms with van der Waals surface area (Å²) in [6, 6.07) is 0. The Bertz CT molecular complexity index is 227. The molecule has 1 rings (SSSR count). The second-order valence-electron chi connectivity index (χ2n) is 3.57. The Labute approximate surface area is 91.5 Å². The zero-order valence-corrected chi connectivity index (χ0v) is 8.77. The highest BCUT2D eigenvalue weighted by molar-refractivity contribution is 5.81. The minimum atomic E-state index is -4.81. The summed E-state index contributed by atoms with van der Waals surface area (Å²) < 4.78 is 40.6. The molecule has 0 spiro atoms. The SMILES string of the molecule is O=C(NCCOC1CCNCC1)C(F)(F)F. The summed E-state index contributed by atoms with van der Waals surface area (Å²) in [6.45, 7) is 1.73. The molecule has 2 N–H and O–H groups in total. The molecule has 1 saturated heterocycles. The predicted octanol–water partition coefficient (Wildman–Crippen LogP) is 0.433. The van der Waals surface area contributed by atoms with Gasteiger partial charge in [-0.1, -0.05) is 0 Å². The number of amides is 1. The zero-order valence-electron chi connectivity index (χ0n) is 8.77. The van der Waals surface area contributed by atoms with Crippen LogP contribution in [0, 0.1) is 0 Å². The molecule has 1 amide bonds. The number of ether oxygens (including phenoxy) is 1. The van der Waals surface area contributed by atoms with E-state index < -0.39 is 12.1 Å². The summed E-state index contributed by atoms with van der Waals surface area (Å²) in [5.74, 6) is -1.92. The van der Waals surface area contributed by atoms with Crippen molar-refractivity contribution in [2.45, 2.75) is 25.1 Å². The van der Waals surface area contributed by atoms with E-state index in [9.17, 15) is 18.0 Å². The fourth-order valence-electron chi connectivity index (χ4n) is 1.45. The molecule has 0 aromatic carbocycles. The van der Waals surface area contributed by atoms with Crippen molar-refractivity contribution in [1.82, 2.24) is 10.6 Å². The van der Waals surface area contributed by atoms with Crippen LogP contribution in [0.25, 0.3) is 0 Å². The van der Waals surface area contributed by atoms with Gasteiger partial charge in [0.1, 0.15) is 0 Å². The van der Waals surface area contributed by atoms with Crippen LogP contribution in [0.15, 0.2) is 0 Å². The van der Waals surface area contributed by atoms with Crippen LogP contribution in [0.5, 0.6) is 0 Å². The van der Waals surface area contributed by atoms with Gasteiger partial charge < -0.3 is 15.4 Å². The number of nitrogens with one attached hydrogen (secondary N) is 2. The fraction of sp³-hybridized carbons (Fsp3) is 0.889. The normalized spacial score (nSPS) is 18.4. The first-order chi connectivity index (χ1) is 7.50.